The van der Waals surface area contributed by atoms with Crippen molar-refractivity contribution < 1.29 is 4.74 Å². The van der Waals surface area contributed by atoms with Gasteiger partial charge in [0.15, 0.2) is 0 Å². The number of hydrogen-bond acceptors (Lipinski definition) is 1. The quantitative estimate of drug-likeness (QED) is 0.520. The Morgan fingerprint density at radius 1 is 1.04 bits per heavy atom. The molecule has 4 rings (SSSR count). The first kappa shape index (κ1) is 18.6. The maximum atomic E-state index is 6.07. The highest BCUT2D eigenvalue weighted by atomic mass is 16.5. The second-order valence-electron chi connectivity index (χ2n) is 9.80. The lowest BCUT2D eigenvalue weighted by Gasteiger charge is -2.30. The zero-order chi connectivity index (χ0) is 19.0. The van der Waals surface area contributed by atoms with Gasteiger partial charge in [-0.2, -0.15) is 0 Å². The van der Waals surface area contributed by atoms with Crippen LogP contribution in [0.5, 0.6) is 5.75 Å². The van der Waals surface area contributed by atoms with Gasteiger partial charge in [0.05, 0.1) is 6.10 Å². The molecule has 0 heterocycles. The molecule has 2 aromatic rings. The summed E-state index contributed by atoms with van der Waals surface area (Å²) in [6.07, 6.45) is 7.99. The number of hydrogen-bond donors (Lipinski definition) is 0. The fourth-order valence-electron chi connectivity index (χ4n) is 4.78. The van der Waals surface area contributed by atoms with Crippen LogP contribution >= 0.6 is 0 Å². The predicted molar refractivity (Wildman–Crippen MR) is 114 cm³/mol. The Morgan fingerprint density at radius 3 is 2.52 bits per heavy atom. The summed E-state index contributed by atoms with van der Waals surface area (Å²) in [7, 11) is 0. The lowest BCUT2D eigenvalue weighted by molar-refractivity contribution is 0.303. The van der Waals surface area contributed by atoms with Crippen molar-refractivity contribution in [1.29, 1.82) is 0 Å². The number of rotatable bonds is 6. The normalized spacial score (nSPS) is 21.6. The summed E-state index contributed by atoms with van der Waals surface area (Å²) in [4.78, 5) is 0. The van der Waals surface area contributed by atoms with E-state index in [1.807, 2.05) is 0 Å². The van der Waals surface area contributed by atoms with E-state index in [2.05, 4.69) is 70.2 Å². The Kier molecular flexibility index (Phi) is 5.05. The van der Waals surface area contributed by atoms with Crippen LogP contribution in [-0.4, -0.2) is 6.10 Å². The van der Waals surface area contributed by atoms with Crippen LogP contribution in [0.1, 0.15) is 76.8 Å². The molecular formula is C26H34O. The van der Waals surface area contributed by atoms with E-state index in [0.717, 1.165) is 12.2 Å². The van der Waals surface area contributed by atoms with E-state index in [9.17, 15) is 0 Å². The van der Waals surface area contributed by atoms with Gasteiger partial charge in [-0.05, 0) is 83.7 Å². The van der Waals surface area contributed by atoms with Crippen LogP contribution in [0.15, 0.2) is 42.5 Å². The molecule has 1 heteroatoms. The molecule has 2 aliphatic rings. The Hall–Kier alpha value is -1.76. The van der Waals surface area contributed by atoms with E-state index < -0.39 is 0 Å². The van der Waals surface area contributed by atoms with E-state index in [1.165, 1.54) is 48.8 Å². The molecule has 1 atom stereocenters. The van der Waals surface area contributed by atoms with Crippen molar-refractivity contribution >= 4 is 0 Å². The lowest BCUT2D eigenvalue weighted by Crippen LogP contribution is -2.16. The van der Waals surface area contributed by atoms with Crippen LogP contribution in [0.2, 0.25) is 0 Å². The molecule has 0 aliphatic heterocycles. The van der Waals surface area contributed by atoms with Crippen LogP contribution < -0.4 is 4.74 Å². The van der Waals surface area contributed by atoms with Crippen LogP contribution in [0.3, 0.4) is 0 Å². The summed E-state index contributed by atoms with van der Waals surface area (Å²) in [5, 5.41) is 0. The molecule has 2 aliphatic carbocycles. The summed E-state index contributed by atoms with van der Waals surface area (Å²) < 4.78 is 6.07. The van der Waals surface area contributed by atoms with E-state index >= 15 is 0 Å². The second kappa shape index (κ2) is 7.34. The smallest absolute Gasteiger partial charge is 0.120 e. The maximum absolute atomic E-state index is 6.07. The monoisotopic (exact) mass is 362 g/mol. The molecule has 27 heavy (non-hydrogen) atoms. The minimum atomic E-state index is 0.382. The minimum absolute atomic E-state index is 0.382. The van der Waals surface area contributed by atoms with Gasteiger partial charge < -0.3 is 4.74 Å². The van der Waals surface area contributed by atoms with Gasteiger partial charge in [0, 0.05) is 0 Å². The Bertz CT molecular complexity index is 798. The van der Waals surface area contributed by atoms with Crippen molar-refractivity contribution in [2.24, 2.45) is 11.3 Å². The van der Waals surface area contributed by atoms with Gasteiger partial charge in [0.1, 0.15) is 5.75 Å². The van der Waals surface area contributed by atoms with Crippen LogP contribution in [-0.2, 0) is 6.42 Å². The molecule has 0 amide bonds. The molecule has 0 saturated heterocycles. The van der Waals surface area contributed by atoms with E-state index in [-0.39, 0.29) is 0 Å². The van der Waals surface area contributed by atoms with Crippen molar-refractivity contribution in [3.63, 3.8) is 0 Å². The van der Waals surface area contributed by atoms with E-state index in [0.29, 0.717) is 23.4 Å². The van der Waals surface area contributed by atoms with Crippen LogP contribution in [0, 0.1) is 11.3 Å². The largest absolute Gasteiger partial charge is 0.490 e. The van der Waals surface area contributed by atoms with Crippen LogP contribution in [0.4, 0.5) is 0 Å². The molecule has 0 unspecified atom stereocenters. The van der Waals surface area contributed by atoms with Gasteiger partial charge in [0.2, 0.25) is 0 Å². The molecule has 0 spiro atoms. The average Bonchev–Trinajstić information content (AvgIpc) is 3.35. The fourth-order valence-corrected chi connectivity index (χ4v) is 4.78. The molecule has 0 radical (unpaired) electrons. The summed E-state index contributed by atoms with van der Waals surface area (Å²) in [5.74, 6) is 2.36. The predicted octanol–water partition coefficient (Wildman–Crippen LogP) is 7.39. The first-order valence-corrected chi connectivity index (χ1v) is 10.8. The van der Waals surface area contributed by atoms with Crippen molar-refractivity contribution in [3.05, 3.63) is 53.6 Å². The highest BCUT2D eigenvalue weighted by Crippen LogP contribution is 2.51. The summed E-state index contributed by atoms with van der Waals surface area (Å²) >= 11 is 0. The molecule has 1 nitrogen and oxygen atoms in total. The summed E-state index contributed by atoms with van der Waals surface area (Å²) in [6.45, 7) is 9.53. The minimum Gasteiger partial charge on any atom is -0.490 e. The topological polar surface area (TPSA) is 9.23 Å². The molecule has 144 valence electrons. The second-order valence-corrected chi connectivity index (χ2v) is 9.80. The van der Waals surface area contributed by atoms with Gasteiger partial charge >= 0.3 is 0 Å². The maximum Gasteiger partial charge on any atom is 0.120 e. The fraction of sp³-hybridized carbons (Fsp3) is 0.538. The van der Waals surface area contributed by atoms with Gasteiger partial charge in [-0.25, -0.2) is 0 Å². The number of benzene rings is 2. The molecule has 0 aromatic heterocycles. The summed E-state index contributed by atoms with van der Waals surface area (Å²) in [6, 6.07) is 16.0. The van der Waals surface area contributed by atoms with E-state index in [1.54, 1.807) is 5.56 Å². The molecule has 0 bridgehead atoms. The third-order valence-electron chi connectivity index (χ3n) is 6.36. The van der Waals surface area contributed by atoms with Gasteiger partial charge in [-0.3, -0.25) is 0 Å². The highest BCUT2D eigenvalue weighted by Gasteiger charge is 2.36. The third-order valence-corrected chi connectivity index (χ3v) is 6.36. The zero-order valence-electron chi connectivity index (χ0n) is 17.4. The molecule has 2 aromatic carbocycles. The Morgan fingerprint density at radius 2 is 1.85 bits per heavy atom. The van der Waals surface area contributed by atoms with Gasteiger partial charge in [-0.15, -0.1) is 0 Å². The Labute approximate surface area is 165 Å². The first-order chi connectivity index (χ1) is 12.9. The van der Waals surface area contributed by atoms with Crippen molar-refractivity contribution in [1.82, 2.24) is 0 Å². The molecular weight excluding hydrogens is 328 g/mol. The molecule has 0 N–H and O–H groups in total. The first-order valence-electron chi connectivity index (χ1n) is 10.8. The van der Waals surface area contributed by atoms with Crippen molar-refractivity contribution in [2.75, 3.05) is 0 Å². The SMILES string of the molecule is CC(C)Cc1ccc(-c2cccc(OC3CC3)c2)c([C@H]2CCCC2(C)C)c1. The average molecular weight is 363 g/mol. The van der Waals surface area contributed by atoms with Crippen LogP contribution in [0.25, 0.3) is 11.1 Å². The zero-order valence-corrected chi connectivity index (χ0v) is 17.4. The highest BCUT2D eigenvalue weighted by molar-refractivity contribution is 5.70. The van der Waals surface area contributed by atoms with Crippen molar-refractivity contribution in [2.45, 2.75) is 78.2 Å². The number of ether oxygens (including phenoxy) is 1. The standard InChI is InChI=1S/C26H34O/c1-18(2)15-19-10-13-23(24(16-19)25-9-6-14-26(25,3)4)20-7-5-8-22(17-20)27-21-11-12-21/h5,7-8,10,13,16-18,21,25H,6,9,11-12,14-15H2,1-4H3/t25-/m1/s1. The third kappa shape index (κ3) is 4.23. The van der Waals surface area contributed by atoms with E-state index in [4.69, 9.17) is 4.74 Å². The van der Waals surface area contributed by atoms with Gasteiger partial charge in [-0.1, -0.05) is 64.4 Å². The molecule has 2 fully saturated rings. The van der Waals surface area contributed by atoms with Gasteiger partial charge in [0.25, 0.3) is 0 Å². The lowest BCUT2D eigenvalue weighted by atomic mass is 9.75. The summed E-state index contributed by atoms with van der Waals surface area (Å²) in [5.41, 5.74) is 6.13. The molecule has 2 saturated carbocycles. The van der Waals surface area contributed by atoms with Crippen molar-refractivity contribution in [3.8, 4) is 16.9 Å². The Balaban J connectivity index is 1.74.